The first-order valence-electron chi connectivity index (χ1n) is 4.11. The minimum absolute atomic E-state index is 0.292. The lowest BCUT2D eigenvalue weighted by Crippen LogP contribution is -1.78. The fourth-order valence-electron chi connectivity index (χ4n) is 1.37. The molecule has 0 atom stereocenters. The first kappa shape index (κ1) is 8.85. The van der Waals surface area contributed by atoms with Crippen molar-refractivity contribution in [2.75, 3.05) is 0 Å². The van der Waals surface area contributed by atoms with Crippen LogP contribution in [-0.4, -0.2) is 5.11 Å². The van der Waals surface area contributed by atoms with E-state index in [2.05, 4.69) is 13.0 Å². The van der Waals surface area contributed by atoms with Crippen LogP contribution in [-0.2, 0) is 6.42 Å². The van der Waals surface area contributed by atoms with Gasteiger partial charge in [-0.3, -0.25) is 0 Å². The van der Waals surface area contributed by atoms with Crippen molar-refractivity contribution in [3.63, 3.8) is 0 Å². The maximum Gasteiger partial charge on any atom is 0.126 e. The number of halogens is 1. The van der Waals surface area contributed by atoms with E-state index in [1.54, 1.807) is 17.4 Å². The molecule has 2 aromatic rings. The quantitative estimate of drug-likeness (QED) is 0.762. The third kappa shape index (κ3) is 1.40. The molecular formula is C10H9ClOS. The normalized spacial score (nSPS) is 10.9. The average Bonchev–Trinajstić information content (AvgIpc) is 2.48. The summed E-state index contributed by atoms with van der Waals surface area (Å²) in [6.07, 6.45) is 0.930. The van der Waals surface area contributed by atoms with E-state index >= 15 is 0 Å². The van der Waals surface area contributed by atoms with E-state index in [0.717, 1.165) is 22.1 Å². The summed E-state index contributed by atoms with van der Waals surface area (Å²) >= 11 is 7.49. The highest BCUT2D eigenvalue weighted by molar-refractivity contribution is 7.17. The van der Waals surface area contributed by atoms with Gasteiger partial charge in [-0.2, -0.15) is 0 Å². The van der Waals surface area contributed by atoms with Crippen LogP contribution >= 0.6 is 22.9 Å². The SMILES string of the molecule is CCc1cc(O)c2c(Cl)csc2c1. The summed E-state index contributed by atoms with van der Waals surface area (Å²) in [5.41, 5.74) is 1.14. The van der Waals surface area contributed by atoms with Crippen molar-refractivity contribution in [2.24, 2.45) is 0 Å². The Morgan fingerprint density at radius 1 is 1.46 bits per heavy atom. The Balaban J connectivity index is 2.79. The van der Waals surface area contributed by atoms with Crippen LogP contribution in [0.25, 0.3) is 10.1 Å². The lowest BCUT2D eigenvalue weighted by molar-refractivity contribution is 0.481. The molecule has 0 saturated heterocycles. The maximum absolute atomic E-state index is 9.68. The predicted molar refractivity (Wildman–Crippen MR) is 57.9 cm³/mol. The molecule has 3 heteroatoms. The number of rotatable bonds is 1. The van der Waals surface area contributed by atoms with Crippen LogP contribution in [0.4, 0.5) is 0 Å². The van der Waals surface area contributed by atoms with Gasteiger partial charge in [-0.05, 0) is 24.1 Å². The Labute approximate surface area is 85.6 Å². The van der Waals surface area contributed by atoms with Gasteiger partial charge in [0.15, 0.2) is 0 Å². The molecule has 0 fully saturated rings. The summed E-state index contributed by atoms with van der Waals surface area (Å²) in [6.45, 7) is 2.07. The van der Waals surface area contributed by atoms with Crippen LogP contribution in [0.15, 0.2) is 17.5 Å². The molecule has 0 bridgehead atoms. The van der Waals surface area contributed by atoms with E-state index < -0.39 is 0 Å². The van der Waals surface area contributed by atoms with E-state index in [1.807, 2.05) is 5.38 Å². The molecule has 1 N–H and O–H groups in total. The van der Waals surface area contributed by atoms with Crippen LogP contribution in [0, 0.1) is 0 Å². The zero-order valence-electron chi connectivity index (χ0n) is 7.17. The van der Waals surface area contributed by atoms with E-state index in [9.17, 15) is 5.11 Å². The second-order valence-corrected chi connectivity index (χ2v) is 4.24. The number of hydrogen-bond acceptors (Lipinski definition) is 2. The number of aryl methyl sites for hydroxylation is 1. The van der Waals surface area contributed by atoms with Gasteiger partial charge in [-0.15, -0.1) is 11.3 Å². The third-order valence-corrected chi connectivity index (χ3v) is 3.43. The number of thiophene rings is 1. The fraction of sp³-hybridized carbons (Fsp3) is 0.200. The van der Waals surface area contributed by atoms with Gasteiger partial charge in [0, 0.05) is 10.1 Å². The monoisotopic (exact) mass is 212 g/mol. The second-order valence-electron chi connectivity index (χ2n) is 2.93. The first-order chi connectivity index (χ1) is 6.22. The van der Waals surface area contributed by atoms with Crippen molar-refractivity contribution in [1.29, 1.82) is 0 Å². The second kappa shape index (κ2) is 3.20. The first-order valence-corrected chi connectivity index (χ1v) is 5.36. The highest BCUT2D eigenvalue weighted by atomic mass is 35.5. The van der Waals surface area contributed by atoms with Gasteiger partial charge in [0.05, 0.1) is 10.4 Å². The Morgan fingerprint density at radius 3 is 2.92 bits per heavy atom. The van der Waals surface area contributed by atoms with Crippen molar-refractivity contribution in [2.45, 2.75) is 13.3 Å². The van der Waals surface area contributed by atoms with Crippen LogP contribution in [0.1, 0.15) is 12.5 Å². The largest absolute Gasteiger partial charge is 0.507 e. The molecule has 0 unspecified atom stereocenters. The van der Waals surface area contributed by atoms with Crippen molar-refractivity contribution in [1.82, 2.24) is 0 Å². The van der Waals surface area contributed by atoms with Crippen LogP contribution in [0.3, 0.4) is 0 Å². The molecule has 2 rings (SSSR count). The molecule has 0 saturated carbocycles. The van der Waals surface area contributed by atoms with E-state index in [1.165, 1.54) is 0 Å². The topological polar surface area (TPSA) is 20.2 Å². The predicted octanol–water partition coefficient (Wildman–Crippen LogP) is 3.82. The Bertz CT molecular complexity index is 447. The minimum atomic E-state index is 0.292. The summed E-state index contributed by atoms with van der Waals surface area (Å²) < 4.78 is 1.06. The molecular weight excluding hydrogens is 204 g/mol. The van der Waals surface area contributed by atoms with E-state index in [0.29, 0.717) is 10.8 Å². The Kier molecular flexibility index (Phi) is 2.18. The van der Waals surface area contributed by atoms with Gasteiger partial charge < -0.3 is 5.11 Å². The average molecular weight is 213 g/mol. The lowest BCUT2D eigenvalue weighted by atomic mass is 10.1. The standard InChI is InChI=1S/C10H9ClOS/c1-2-6-3-8(12)10-7(11)5-13-9(10)4-6/h3-5,12H,2H2,1H3. The van der Waals surface area contributed by atoms with Crippen molar-refractivity contribution in [3.05, 3.63) is 28.1 Å². The van der Waals surface area contributed by atoms with E-state index in [4.69, 9.17) is 11.6 Å². The van der Waals surface area contributed by atoms with Gasteiger partial charge in [-0.1, -0.05) is 18.5 Å². The molecule has 13 heavy (non-hydrogen) atoms. The smallest absolute Gasteiger partial charge is 0.126 e. The van der Waals surface area contributed by atoms with Crippen LogP contribution < -0.4 is 0 Å². The molecule has 1 aromatic heterocycles. The molecule has 1 nitrogen and oxygen atoms in total. The van der Waals surface area contributed by atoms with Gasteiger partial charge in [0.1, 0.15) is 5.75 Å². The van der Waals surface area contributed by atoms with Crippen molar-refractivity contribution < 1.29 is 5.11 Å². The van der Waals surface area contributed by atoms with Crippen molar-refractivity contribution >= 4 is 33.0 Å². The Hall–Kier alpha value is -0.730. The lowest BCUT2D eigenvalue weighted by Gasteiger charge is -2.00. The molecule has 0 radical (unpaired) electrons. The number of fused-ring (bicyclic) bond motifs is 1. The Morgan fingerprint density at radius 2 is 2.23 bits per heavy atom. The van der Waals surface area contributed by atoms with Gasteiger partial charge in [0.2, 0.25) is 0 Å². The molecule has 1 aromatic carbocycles. The fourth-order valence-corrected chi connectivity index (χ4v) is 2.66. The zero-order valence-corrected chi connectivity index (χ0v) is 8.75. The molecule has 0 spiro atoms. The molecule has 0 aliphatic carbocycles. The molecule has 0 aliphatic heterocycles. The highest BCUT2D eigenvalue weighted by Gasteiger charge is 2.07. The summed E-state index contributed by atoms with van der Waals surface area (Å²) in [4.78, 5) is 0. The summed E-state index contributed by atoms with van der Waals surface area (Å²) in [7, 11) is 0. The number of benzene rings is 1. The molecule has 0 aliphatic rings. The van der Waals surface area contributed by atoms with Gasteiger partial charge in [0.25, 0.3) is 0 Å². The molecule has 0 amide bonds. The van der Waals surface area contributed by atoms with Gasteiger partial charge in [-0.25, -0.2) is 0 Å². The van der Waals surface area contributed by atoms with E-state index in [-0.39, 0.29) is 0 Å². The third-order valence-electron chi connectivity index (χ3n) is 2.08. The number of phenols is 1. The maximum atomic E-state index is 9.68. The number of aromatic hydroxyl groups is 1. The highest BCUT2D eigenvalue weighted by Crippen LogP contribution is 2.37. The van der Waals surface area contributed by atoms with Crippen LogP contribution in [0.2, 0.25) is 5.02 Å². The minimum Gasteiger partial charge on any atom is -0.507 e. The summed E-state index contributed by atoms with van der Waals surface area (Å²) in [6, 6.07) is 3.85. The summed E-state index contributed by atoms with van der Waals surface area (Å²) in [5.74, 6) is 0.292. The molecule has 1 heterocycles. The zero-order chi connectivity index (χ0) is 9.42. The summed E-state index contributed by atoms with van der Waals surface area (Å²) in [5, 5.41) is 12.9. The number of hydrogen-bond donors (Lipinski definition) is 1. The number of phenolic OH excluding ortho intramolecular Hbond substituents is 1. The van der Waals surface area contributed by atoms with Gasteiger partial charge >= 0.3 is 0 Å². The van der Waals surface area contributed by atoms with Crippen molar-refractivity contribution in [3.8, 4) is 5.75 Å². The van der Waals surface area contributed by atoms with Crippen LogP contribution in [0.5, 0.6) is 5.75 Å². The molecule has 68 valence electrons.